The van der Waals surface area contributed by atoms with E-state index in [1.807, 2.05) is 0 Å². The first-order chi connectivity index (χ1) is 8.90. The third-order valence-electron chi connectivity index (χ3n) is 2.95. The summed E-state index contributed by atoms with van der Waals surface area (Å²) in [4.78, 5) is 0. The second-order valence-corrected chi connectivity index (χ2v) is 4.27. The van der Waals surface area contributed by atoms with Gasteiger partial charge in [0.25, 0.3) is 0 Å². The smallest absolute Gasteiger partial charge is 0.161 e. The van der Waals surface area contributed by atoms with Crippen LogP contribution in [0.4, 0.5) is 17.6 Å². The van der Waals surface area contributed by atoms with E-state index in [1.54, 1.807) is 6.92 Å². The van der Waals surface area contributed by atoms with Crippen molar-refractivity contribution in [2.75, 3.05) is 0 Å². The number of benzene rings is 2. The number of hydrogen-bond donors (Lipinski definition) is 1. The number of hydrogen-bond acceptors (Lipinski definition) is 1. The Hall–Kier alpha value is -1.88. The van der Waals surface area contributed by atoms with Crippen molar-refractivity contribution in [3.63, 3.8) is 0 Å². The molecule has 0 amide bonds. The van der Waals surface area contributed by atoms with Crippen LogP contribution in [-0.4, -0.2) is 0 Å². The molecule has 0 aliphatic heterocycles. The molecule has 0 saturated carbocycles. The highest BCUT2D eigenvalue weighted by molar-refractivity contribution is 5.37. The van der Waals surface area contributed by atoms with E-state index in [4.69, 9.17) is 5.73 Å². The van der Waals surface area contributed by atoms with Gasteiger partial charge in [0.05, 0.1) is 6.04 Å². The quantitative estimate of drug-likeness (QED) is 0.654. The first-order valence-corrected chi connectivity index (χ1v) is 5.56. The zero-order valence-corrected chi connectivity index (χ0v) is 10.1. The molecule has 0 aromatic heterocycles. The number of halogens is 4. The van der Waals surface area contributed by atoms with Gasteiger partial charge < -0.3 is 5.73 Å². The molecule has 0 saturated heterocycles. The van der Waals surface area contributed by atoms with Gasteiger partial charge in [0.1, 0.15) is 11.6 Å². The largest absolute Gasteiger partial charge is 0.320 e. The fraction of sp³-hybridized carbons (Fsp3) is 0.143. The first-order valence-electron chi connectivity index (χ1n) is 5.56. The molecule has 0 spiro atoms. The number of nitrogens with two attached hydrogens (primary N) is 1. The van der Waals surface area contributed by atoms with E-state index < -0.39 is 29.3 Å². The lowest BCUT2D eigenvalue weighted by Crippen LogP contribution is -2.16. The molecular formula is C14H11F4N. The highest BCUT2D eigenvalue weighted by Crippen LogP contribution is 2.27. The fourth-order valence-electron chi connectivity index (χ4n) is 1.89. The predicted molar refractivity (Wildman–Crippen MR) is 63.5 cm³/mol. The van der Waals surface area contributed by atoms with E-state index in [0.29, 0.717) is 23.3 Å². The minimum Gasteiger partial charge on any atom is -0.320 e. The predicted octanol–water partition coefficient (Wildman–Crippen LogP) is 3.60. The highest BCUT2D eigenvalue weighted by Gasteiger charge is 2.19. The first kappa shape index (κ1) is 13.5. The molecule has 2 N–H and O–H groups in total. The Morgan fingerprint density at radius 1 is 0.842 bits per heavy atom. The molecule has 0 bridgehead atoms. The van der Waals surface area contributed by atoms with Crippen molar-refractivity contribution >= 4 is 0 Å². The average molecular weight is 269 g/mol. The van der Waals surface area contributed by atoms with Crippen molar-refractivity contribution in [3.05, 3.63) is 70.3 Å². The molecule has 1 atom stereocenters. The van der Waals surface area contributed by atoms with E-state index in [2.05, 4.69) is 0 Å². The Kier molecular flexibility index (Phi) is 3.57. The molecule has 0 heterocycles. The standard InChI is InChI=1S/C14H11F4N/c1-7-2-3-8(15)4-9(7)14(19)10-5-12(17)13(18)6-11(10)16/h2-6,14H,19H2,1H3. The maximum absolute atomic E-state index is 13.6. The summed E-state index contributed by atoms with van der Waals surface area (Å²) >= 11 is 0. The van der Waals surface area contributed by atoms with Gasteiger partial charge in [-0.1, -0.05) is 6.07 Å². The second kappa shape index (κ2) is 5.01. The third kappa shape index (κ3) is 2.61. The van der Waals surface area contributed by atoms with Crippen LogP contribution in [0.3, 0.4) is 0 Å². The molecule has 1 nitrogen and oxygen atoms in total. The van der Waals surface area contributed by atoms with Gasteiger partial charge in [0.15, 0.2) is 11.6 Å². The Balaban J connectivity index is 2.52. The zero-order chi connectivity index (χ0) is 14.2. The number of aryl methyl sites for hydroxylation is 1. The second-order valence-electron chi connectivity index (χ2n) is 4.27. The summed E-state index contributed by atoms with van der Waals surface area (Å²) in [5.41, 5.74) is 6.56. The van der Waals surface area contributed by atoms with Gasteiger partial charge in [-0.05, 0) is 36.2 Å². The zero-order valence-electron chi connectivity index (χ0n) is 10.1. The Labute approximate surface area is 107 Å². The minimum absolute atomic E-state index is 0.215. The third-order valence-corrected chi connectivity index (χ3v) is 2.95. The molecule has 2 rings (SSSR count). The summed E-state index contributed by atoms with van der Waals surface area (Å²) in [6.45, 7) is 1.67. The summed E-state index contributed by atoms with van der Waals surface area (Å²) in [5, 5.41) is 0. The molecule has 5 heteroatoms. The van der Waals surface area contributed by atoms with Crippen molar-refractivity contribution in [1.29, 1.82) is 0 Å². The molecule has 0 aliphatic carbocycles. The van der Waals surface area contributed by atoms with Crippen LogP contribution in [0.5, 0.6) is 0 Å². The molecule has 1 unspecified atom stereocenters. The Morgan fingerprint density at radius 3 is 2.16 bits per heavy atom. The van der Waals surface area contributed by atoms with Crippen molar-refractivity contribution in [1.82, 2.24) is 0 Å². The molecule has 0 aliphatic rings. The Morgan fingerprint density at radius 2 is 1.47 bits per heavy atom. The fourth-order valence-corrected chi connectivity index (χ4v) is 1.89. The SMILES string of the molecule is Cc1ccc(F)cc1C(N)c1cc(F)c(F)cc1F. The van der Waals surface area contributed by atoms with Gasteiger partial charge in [0.2, 0.25) is 0 Å². The van der Waals surface area contributed by atoms with Gasteiger partial charge in [0, 0.05) is 11.6 Å². The maximum Gasteiger partial charge on any atom is 0.161 e. The van der Waals surface area contributed by atoms with Crippen molar-refractivity contribution in [2.24, 2.45) is 5.73 Å². The van der Waals surface area contributed by atoms with Crippen LogP contribution in [0.1, 0.15) is 22.7 Å². The summed E-state index contributed by atoms with van der Waals surface area (Å²) in [6.07, 6.45) is 0. The lowest BCUT2D eigenvalue weighted by molar-refractivity contribution is 0.487. The van der Waals surface area contributed by atoms with Crippen LogP contribution in [0.15, 0.2) is 30.3 Å². The van der Waals surface area contributed by atoms with Gasteiger partial charge in [-0.15, -0.1) is 0 Å². The molecule has 0 fully saturated rings. The van der Waals surface area contributed by atoms with Gasteiger partial charge in [-0.2, -0.15) is 0 Å². The van der Waals surface area contributed by atoms with Crippen LogP contribution in [-0.2, 0) is 0 Å². The van der Waals surface area contributed by atoms with Crippen molar-refractivity contribution < 1.29 is 17.6 Å². The van der Waals surface area contributed by atoms with E-state index in [0.717, 1.165) is 6.07 Å². The minimum atomic E-state index is -1.29. The van der Waals surface area contributed by atoms with Crippen LogP contribution in [0.25, 0.3) is 0 Å². The molecule has 100 valence electrons. The van der Waals surface area contributed by atoms with Crippen LogP contribution in [0.2, 0.25) is 0 Å². The molecule has 2 aromatic carbocycles. The number of rotatable bonds is 2. The van der Waals surface area contributed by atoms with Crippen LogP contribution < -0.4 is 5.73 Å². The van der Waals surface area contributed by atoms with Gasteiger partial charge in [-0.3, -0.25) is 0 Å². The van der Waals surface area contributed by atoms with Gasteiger partial charge in [-0.25, -0.2) is 17.6 Å². The summed E-state index contributed by atoms with van der Waals surface area (Å²) in [7, 11) is 0. The maximum atomic E-state index is 13.6. The molecule has 2 aromatic rings. The summed E-state index contributed by atoms with van der Waals surface area (Å²) in [6, 6.07) is 3.94. The molecule has 0 radical (unpaired) electrons. The van der Waals surface area contributed by atoms with E-state index in [-0.39, 0.29) is 5.56 Å². The highest BCUT2D eigenvalue weighted by atomic mass is 19.2. The summed E-state index contributed by atoms with van der Waals surface area (Å²) < 4.78 is 52.8. The summed E-state index contributed by atoms with van der Waals surface area (Å²) in [5.74, 6) is -3.97. The van der Waals surface area contributed by atoms with E-state index in [1.165, 1.54) is 12.1 Å². The van der Waals surface area contributed by atoms with E-state index >= 15 is 0 Å². The van der Waals surface area contributed by atoms with Crippen LogP contribution in [0, 0.1) is 30.2 Å². The monoisotopic (exact) mass is 269 g/mol. The molecular weight excluding hydrogens is 258 g/mol. The molecule has 19 heavy (non-hydrogen) atoms. The van der Waals surface area contributed by atoms with Crippen molar-refractivity contribution in [3.8, 4) is 0 Å². The lowest BCUT2D eigenvalue weighted by atomic mass is 9.95. The normalized spacial score (nSPS) is 12.5. The van der Waals surface area contributed by atoms with Gasteiger partial charge >= 0.3 is 0 Å². The Bertz CT molecular complexity index is 625. The van der Waals surface area contributed by atoms with Crippen LogP contribution >= 0.6 is 0 Å². The topological polar surface area (TPSA) is 26.0 Å². The van der Waals surface area contributed by atoms with E-state index in [9.17, 15) is 17.6 Å². The lowest BCUT2D eigenvalue weighted by Gasteiger charge is -2.16. The van der Waals surface area contributed by atoms with Crippen molar-refractivity contribution in [2.45, 2.75) is 13.0 Å². The average Bonchev–Trinajstić information content (AvgIpc) is 2.36.